The molecule has 0 heterocycles. The van der Waals surface area contributed by atoms with Gasteiger partial charge < -0.3 is 4.74 Å². The molecule has 0 N–H and O–H groups in total. The van der Waals surface area contributed by atoms with Gasteiger partial charge in [0.05, 0.1) is 12.7 Å². The van der Waals surface area contributed by atoms with E-state index in [1.807, 2.05) is 6.07 Å². The Hall–Kier alpha value is -1.34. The van der Waals surface area contributed by atoms with Crippen molar-refractivity contribution in [1.29, 1.82) is 0 Å². The van der Waals surface area contributed by atoms with E-state index >= 15 is 0 Å². The monoisotopic (exact) mass is 253 g/mol. The number of esters is 1. The first-order valence-corrected chi connectivity index (χ1v) is 4.68. The van der Waals surface area contributed by atoms with Crippen LogP contribution in [0.2, 0.25) is 0 Å². The second-order valence-corrected chi connectivity index (χ2v) is 3.43. The molecule has 1 rings (SSSR count). The Bertz CT molecular complexity index is 384. The Balaban J connectivity index is 3.09. The number of rotatable bonds is 2. The Kier molecular flexibility index (Phi) is 3.66. The summed E-state index contributed by atoms with van der Waals surface area (Å²) in [6, 6.07) is 6.24. The number of nitrogens with zero attached hydrogens (tertiary/aromatic N) is 1. The van der Waals surface area contributed by atoms with Crippen LogP contribution in [0.4, 0.5) is 0 Å². The number of carbonyl (C=O) groups is 1. The minimum atomic E-state index is -0.879. The van der Waals surface area contributed by atoms with Crippen molar-refractivity contribution in [1.82, 2.24) is 0 Å². The second kappa shape index (κ2) is 4.77. The normalized spacial score (nSPS) is 11.5. The molecule has 0 bridgehead atoms. The Morgan fingerprint density at radius 2 is 2.21 bits per heavy atom. The van der Waals surface area contributed by atoms with Gasteiger partial charge in [0.15, 0.2) is 0 Å². The fourth-order valence-corrected chi connectivity index (χ4v) is 1.56. The van der Waals surface area contributed by atoms with E-state index in [0.717, 1.165) is 4.47 Å². The molecule has 1 unspecified atom stereocenters. The number of halogens is 1. The van der Waals surface area contributed by atoms with Crippen LogP contribution in [-0.2, 0) is 9.53 Å². The molecule has 0 saturated carbocycles. The minimum Gasteiger partial charge on any atom is -0.463 e. The lowest BCUT2D eigenvalue weighted by Crippen LogP contribution is -2.11. The van der Waals surface area contributed by atoms with Gasteiger partial charge in [-0.2, -0.15) is 0 Å². The van der Waals surface area contributed by atoms with Crippen molar-refractivity contribution < 1.29 is 9.53 Å². The smallest absolute Gasteiger partial charge is 0.395 e. The number of methoxy groups -OCH3 is 1. The fourth-order valence-electron chi connectivity index (χ4n) is 1.06. The van der Waals surface area contributed by atoms with Crippen LogP contribution in [-0.4, -0.2) is 13.1 Å². The van der Waals surface area contributed by atoms with E-state index in [9.17, 15) is 4.79 Å². The largest absolute Gasteiger partial charge is 0.463 e. The predicted octanol–water partition coefficient (Wildman–Crippen LogP) is 2.58. The molecule has 0 spiro atoms. The summed E-state index contributed by atoms with van der Waals surface area (Å²) in [5, 5.41) is 0. The lowest BCUT2D eigenvalue weighted by Gasteiger charge is -2.04. The molecule has 1 atom stereocenters. The first-order chi connectivity index (χ1) is 6.70. The van der Waals surface area contributed by atoms with Gasteiger partial charge in [0.25, 0.3) is 0 Å². The van der Waals surface area contributed by atoms with Crippen molar-refractivity contribution in [3.8, 4) is 0 Å². The first-order valence-electron chi connectivity index (χ1n) is 3.89. The summed E-state index contributed by atoms with van der Waals surface area (Å²) >= 11 is 3.28. The van der Waals surface area contributed by atoms with Gasteiger partial charge >= 0.3 is 12.0 Å². The number of carbonyl (C=O) groups excluding carboxylic acids is 1. The maximum Gasteiger partial charge on any atom is 0.395 e. The third-order valence-electron chi connectivity index (χ3n) is 1.75. The molecule has 0 aliphatic carbocycles. The molecule has 1 aromatic rings. The van der Waals surface area contributed by atoms with Gasteiger partial charge in [-0.15, -0.1) is 0 Å². The summed E-state index contributed by atoms with van der Waals surface area (Å²) < 4.78 is 5.28. The van der Waals surface area contributed by atoms with Crippen LogP contribution in [0.15, 0.2) is 28.7 Å². The van der Waals surface area contributed by atoms with Crippen molar-refractivity contribution in [2.24, 2.45) is 0 Å². The third kappa shape index (κ3) is 2.12. The summed E-state index contributed by atoms with van der Waals surface area (Å²) in [7, 11) is 1.28. The fraction of sp³-hybridized carbons (Fsp3) is 0.200. The molecule has 72 valence electrons. The van der Waals surface area contributed by atoms with Gasteiger partial charge in [0.1, 0.15) is 0 Å². The van der Waals surface area contributed by atoms with E-state index in [0.29, 0.717) is 5.56 Å². The van der Waals surface area contributed by atoms with Crippen LogP contribution in [0.25, 0.3) is 4.85 Å². The van der Waals surface area contributed by atoms with Crippen LogP contribution in [0.3, 0.4) is 0 Å². The topological polar surface area (TPSA) is 30.7 Å². The molecule has 0 aromatic heterocycles. The molecule has 4 heteroatoms. The maximum absolute atomic E-state index is 11.2. The summed E-state index contributed by atoms with van der Waals surface area (Å²) in [5.41, 5.74) is 0.634. The maximum atomic E-state index is 11.2. The van der Waals surface area contributed by atoms with Crippen molar-refractivity contribution in [3.63, 3.8) is 0 Å². The van der Waals surface area contributed by atoms with Gasteiger partial charge in [-0.3, -0.25) is 4.85 Å². The number of hydrogen-bond acceptors (Lipinski definition) is 2. The van der Waals surface area contributed by atoms with Crippen LogP contribution >= 0.6 is 15.9 Å². The zero-order valence-corrected chi connectivity index (χ0v) is 9.11. The van der Waals surface area contributed by atoms with Crippen molar-refractivity contribution in [3.05, 3.63) is 45.7 Å². The van der Waals surface area contributed by atoms with E-state index in [-0.39, 0.29) is 0 Å². The SMILES string of the molecule is [C-]#[N+]C(C(=O)OC)c1ccccc1Br. The molecular formula is C10H8BrNO2. The van der Waals surface area contributed by atoms with E-state index in [1.165, 1.54) is 7.11 Å². The highest BCUT2D eigenvalue weighted by atomic mass is 79.9. The minimum absolute atomic E-state index is 0.535. The van der Waals surface area contributed by atoms with Gasteiger partial charge in [0, 0.05) is 4.47 Å². The summed E-state index contributed by atoms with van der Waals surface area (Å²) in [4.78, 5) is 14.5. The quantitative estimate of drug-likeness (QED) is 0.599. The molecule has 1 aromatic carbocycles. The molecule has 14 heavy (non-hydrogen) atoms. The number of hydrogen-bond donors (Lipinski definition) is 0. The zero-order chi connectivity index (χ0) is 10.6. The van der Waals surface area contributed by atoms with Crippen LogP contribution in [0.5, 0.6) is 0 Å². The molecule has 0 aliphatic rings. The van der Waals surface area contributed by atoms with Gasteiger partial charge in [-0.1, -0.05) is 28.1 Å². The van der Waals surface area contributed by atoms with Gasteiger partial charge in [-0.05, 0) is 12.1 Å². The summed E-state index contributed by atoms with van der Waals surface area (Å²) in [6.07, 6.45) is 0. The lowest BCUT2D eigenvalue weighted by atomic mass is 10.1. The highest BCUT2D eigenvalue weighted by molar-refractivity contribution is 9.10. The summed E-state index contributed by atoms with van der Waals surface area (Å²) in [6.45, 7) is 6.93. The Labute approximate surface area is 90.6 Å². The van der Waals surface area contributed by atoms with E-state index in [2.05, 4.69) is 25.5 Å². The summed E-state index contributed by atoms with van der Waals surface area (Å²) in [5.74, 6) is -0.535. The molecule has 0 amide bonds. The lowest BCUT2D eigenvalue weighted by molar-refractivity contribution is -0.141. The molecule has 0 saturated heterocycles. The average molecular weight is 254 g/mol. The van der Waals surface area contributed by atoms with Crippen molar-refractivity contribution in [2.75, 3.05) is 7.11 Å². The van der Waals surface area contributed by atoms with Gasteiger partial charge in [0.2, 0.25) is 0 Å². The molecular weight excluding hydrogens is 246 g/mol. The Morgan fingerprint density at radius 1 is 1.57 bits per heavy atom. The number of ether oxygens (including phenoxy) is 1. The average Bonchev–Trinajstić information content (AvgIpc) is 2.21. The standard InChI is InChI=1S/C10H8BrNO2/c1-12-9(10(13)14-2)7-5-3-4-6-8(7)11/h3-6,9H,2H3. The van der Waals surface area contributed by atoms with Crippen molar-refractivity contribution in [2.45, 2.75) is 6.04 Å². The van der Waals surface area contributed by atoms with Crippen LogP contribution in [0.1, 0.15) is 11.6 Å². The Morgan fingerprint density at radius 3 is 2.71 bits per heavy atom. The molecule has 3 nitrogen and oxygen atoms in total. The van der Waals surface area contributed by atoms with E-state index in [4.69, 9.17) is 6.57 Å². The zero-order valence-electron chi connectivity index (χ0n) is 7.53. The highest BCUT2D eigenvalue weighted by Crippen LogP contribution is 2.26. The molecule has 0 fully saturated rings. The first kappa shape index (κ1) is 10.7. The predicted molar refractivity (Wildman–Crippen MR) is 55.5 cm³/mol. The van der Waals surface area contributed by atoms with E-state index in [1.54, 1.807) is 18.2 Å². The number of benzene rings is 1. The molecule has 0 aliphatic heterocycles. The van der Waals surface area contributed by atoms with E-state index < -0.39 is 12.0 Å². The third-order valence-corrected chi connectivity index (χ3v) is 2.48. The highest BCUT2D eigenvalue weighted by Gasteiger charge is 2.28. The molecule has 0 radical (unpaired) electrons. The second-order valence-electron chi connectivity index (χ2n) is 2.58. The van der Waals surface area contributed by atoms with Crippen LogP contribution in [0, 0.1) is 6.57 Å². The van der Waals surface area contributed by atoms with Crippen molar-refractivity contribution >= 4 is 21.9 Å². The van der Waals surface area contributed by atoms with Crippen LogP contribution < -0.4 is 0 Å². The van der Waals surface area contributed by atoms with Gasteiger partial charge in [-0.25, -0.2) is 11.4 Å².